The van der Waals surface area contributed by atoms with Crippen LogP contribution >= 0.6 is 11.8 Å². The van der Waals surface area contributed by atoms with Crippen molar-refractivity contribution in [2.24, 2.45) is 0 Å². The smallest absolute Gasteiger partial charge is 0.252 e. The second-order valence-electron chi connectivity index (χ2n) is 2.49. The highest BCUT2D eigenvalue weighted by Crippen LogP contribution is 2.26. The second kappa shape index (κ2) is 5.32. The van der Waals surface area contributed by atoms with Crippen LogP contribution in [0.15, 0.2) is 4.90 Å². The average molecular weight is 241 g/mol. The first-order chi connectivity index (χ1) is 7.07. The maximum absolute atomic E-state index is 13.0. The van der Waals surface area contributed by atoms with Crippen molar-refractivity contribution in [1.29, 1.82) is 0 Å². The molecule has 0 saturated carbocycles. The Morgan fingerprint density at radius 2 is 1.67 bits per heavy atom. The number of aromatic nitrogens is 1. The largest absolute Gasteiger partial charge is 0.384 e. The fourth-order valence-electron chi connectivity index (χ4n) is 0.822. The quantitative estimate of drug-likeness (QED) is 0.350. The molecular weight excluding hydrogens is 234 g/mol. The van der Waals surface area contributed by atoms with Crippen LogP contribution < -0.4 is 0 Å². The molecule has 0 bridgehead atoms. The van der Waals surface area contributed by atoms with Gasteiger partial charge >= 0.3 is 0 Å². The summed E-state index contributed by atoms with van der Waals surface area (Å²) in [5.74, 6) is -6.06. The molecule has 0 atom stereocenters. The molecule has 0 radical (unpaired) electrons. The SMILES string of the molecule is COCCSc1c(F)c(F)nc(F)c1F. The molecule has 15 heavy (non-hydrogen) atoms. The molecule has 0 aliphatic carbocycles. The molecule has 1 heterocycles. The Bertz CT molecular complexity index is 335. The summed E-state index contributed by atoms with van der Waals surface area (Å²) >= 11 is 0.632. The van der Waals surface area contributed by atoms with E-state index in [0.29, 0.717) is 11.8 Å². The molecule has 2 nitrogen and oxygen atoms in total. The van der Waals surface area contributed by atoms with Gasteiger partial charge < -0.3 is 4.74 Å². The zero-order chi connectivity index (χ0) is 11.4. The molecule has 0 unspecified atom stereocenters. The Hall–Kier alpha value is -0.820. The van der Waals surface area contributed by atoms with E-state index in [1.165, 1.54) is 7.11 Å². The van der Waals surface area contributed by atoms with Gasteiger partial charge in [-0.25, -0.2) is 8.78 Å². The van der Waals surface area contributed by atoms with E-state index in [1.807, 2.05) is 0 Å². The summed E-state index contributed by atoms with van der Waals surface area (Å²) in [5, 5.41) is 0. The Balaban J connectivity index is 2.94. The fourth-order valence-corrected chi connectivity index (χ4v) is 1.70. The molecule has 1 rings (SSSR count). The van der Waals surface area contributed by atoms with Crippen LogP contribution in [0.4, 0.5) is 17.6 Å². The second-order valence-corrected chi connectivity index (χ2v) is 3.60. The summed E-state index contributed by atoms with van der Waals surface area (Å²) < 4.78 is 55.7. The first-order valence-electron chi connectivity index (χ1n) is 3.89. The Morgan fingerprint density at radius 3 is 2.13 bits per heavy atom. The van der Waals surface area contributed by atoms with E-state index in [2.05, 4.69) is 9.72 Å². The minimum Gasteiger partial charge on any atom is -0.384 e. The first kappa shape index (κ1) is 12.3. The van der Waals surface area contributed by atoms with E-state index in [4.69, 9.17) is 0 Å². The summed E-state index contributed by atoms with van der Waals surface area (Å²) in [4.78, 5) is 1.72. The number of rotatable bonds is 4. The Kier molecular flexibility index (Phi) is 4.34. The van der Waals surface area contributed by atoms with Crippen molar-refractivity contribution in [2.45, 2.75) is 4.90 Å². The average Bonchev–Trinajstić information content (AvgIpc) is 2.20. The van der Waals surface area contributed by atoms with Gasteiger partial charge in [0.05, 0.1) is 11.5 Å². The van der Waals surface area contributed by atoms with Gasteiger partial charge in [-0.3, -0.25) is 0 Å². The lowest BCUT2D eigenvalue weighted by Gasteiger charge is -2.04. The van der Waals surface area contributed by atoms with Crippen molar-refractivity contribution in [3.05, 3.63) is 23.5 Å². The summed E-state index contributed by atoms with van der Waals surface area (Å²) in [6, 6.07) is 0. The molecule has 1 aromatic rings. The van der Waals surface area contributed by atoms with Crippen LogP contribution in [0.5, 0.6) is 0 Å². The van der Waals surface area contributed by atoms with Crippen molar-refractivity contribution in [3.8, 4) is 0 Å². The van der Waals surface area contributed by atoms with E-state index in [-0.39, 0.29) is 12.4 Å². The topological polar surface area (TPSA) is 22.1 Å². The normalized spacial score (nSPS) is 10.7. The molecule has 0 aromatic carbocycles. The monoisotopic (exact) mass is 241 g/mol. The number of halogens is 4. The molecule has 0 spiro atoms. The fraction of sp³-hybridized carbons (Fsp3) is 0.375. The number of ether oxygens (including phenoxy) is 1. The van der Waals surface area contributed by atoms with Gasteiger partial charge in [0, 0.05) is 12.9 Å². The van der Waals surface area contributed by atoms with Crippen molar-refractivity contribution in [1.82, 2.24) is 4.98 Å². The maximum atomic E-state index is 13.0. The highest BCUT2D eigenvalue weighted by Gasteiger charge is 2.20. The lowest BCUT2D eigenvalue weighted by atomic mass is 10.4. The third kappa shape index (κ3) is 2.82. The van der Waals surface area contributed by atoms with Gasteiger partial charge in [-0.05, 0) is 0 Å². The first-order valence-corrected chi connectivity index (χ1v) is 4.88. The molecule has 7 heteroatoms. The van der Waals surface area contributed by atoms with E-state index in [9.17, 15) is 17.6 Å². The highest BCUT2D eigenvalue weighted by molar-refractivity contribution is 7.99. The van der Waals surface area contributed by atoms with Crippen molar-refractivity contribution < 1.29 is 22.3 Å². The van der Waals surface area contributed by atoms with Crippen LogP contribution in [0.3, 0.4) is 0 Å². The van der Waals surface area contributed by atoms with E-state index in [1.54, 1.807) is 0 Å². The predicted octanol–water partition coefficient (Wildman–Crippen LogP) is 2.38. The van der Waals surface area contributed by atoms with Crippen molar-refractivity contribution in [2.75, 3.05) is 19.5 Å². The van der Waals surface area contributed by atoms with E-state index in [0.717, 1.165) is 0 Å². The van der Waals surface area contributed by atoms with E-state index >= 15 is 0 Å². The van der Waals surface area contributed by atoms with Gasteiger partial charge in [-0.1, -0.05) is 0 Å². The van der Waals surface area contributed by atoms with Crippen molar-refractivity contribution in [3.63, 3.8) is 0 Å². The van der Waals surface area contributed by atoms with Crippen LogP contribution in [0.2, 0.25) is 0 Å². The van der Waals surface area contributed by atoms with Gasteiger partial charge in [0.15, 0.2) is 11.6 Å². The molecule has 0 fully saturated rings. The third-order valence-electron chi connectivity index (χ3n) is 1.49. The molecular formula is C8H7F4NOS. The zero-order valence-electron chi connectivity index (χ0n) is 7.69. The molecule has 84 valence electrons. The van der Waals surface area contributed by atoms with E-state index < -0.39 is 28.4 Å². The number of hydrogen-bond donors (Lipinski definition) is 0. The van der Waals surface area contributed by atoms with Gasteiger partial charge in [0.1, 0.15) is 0 Å². The van der Waals surface area contributed by atoms with Gasteiger partial charge in [0.2, 0.25) is 0 Å². The number of nitrogens with zero attached hydrogens (tertiary/aromatic N) is 1. The lowest BCUT2D eigenvalue weighted by molar-refractivity contribution is 0.218. The summed E-state index contributed by atoms with van der Waals surface area (Å²) in [7, 11) is 1.40. The number of hydrogen-bond acceptors (Lipinski definition) is 3. The molecule has 0 amide bonds. The third-order valence-corrected chi connectivity index (χ3v) is 2.51. The van der Waals surface area contributed by atoms with Crippen LogP contribution in [0, 0.1) is 23.5 Å². The number of pyridine rings is 1. The highest BCUT2D eigenvalue weighted by atomic mass is 32.2. The maximum Gasteiger partial charge on any atom is 0.252 e. The molecule has 0 saturated heterocycles. The minimum absolute atomic E-state index is 0.188. The van der Waals surface area contributed by atoms with Crippen LogP contribution in [-0.4, -0.2) is 24.5 Å². The minimum atomic E-state index is -1.64. The Labute approximate surface area is 87.6 Å². The van der Waals surface area contributed by atoms with Crippen LogP contribution in [-0.2, 0) is 4.74 Å². The van der Waals surface area contributed by atoms with Gasteiger partial charge in [-0.2, -0.15) is 13.8 Å². The van der Waals surface area contributed by atoms with Crippen LogP contribution in [0.25, 0.3) is 0 Å². The van der Waals surface area contributed by atoms with Gasteiger partial charge in [-0.15, -0.1) is 11.8 Å². The van der Waals surface area contributed by atoms with Crippen LogP contribution in [0.1, 0.15) is 0 Å². The molecule has 1 aromatic heterocycles. The lowest BCUT2D eigenvalue weighted by Crippen LogP contribution is -2.03. The molecule has 0 aliphatic rings. The predicted molar refractivity (Wildman–Crippen MR) is 46.7 cm³/mol. The summed E-state index contributed by atoms with van der Waals surface area (Å²) in [5.41, 5.74) is 0. The summed E-state index contributed by atoms with van der Waals surface area (Å²) in [6.07, 6.45) is 0. The van der Waals surface area contributed by atoms with Crippen molar-refractivity contribution >= 4 is 11.8 Å². The summed E-state index contributed by atoms with van der Waals surface area (Å²) in [6.45, 7) is 0.217. The number of thioether (sulfide) groups is 1. The zero-order valence-corrected chi connectivity index (χ0v) is 8.51. The molecule has 0 aliphatic heterocycles. The molecule has 0 N–H and O–H groups in total. The van der Waals surface area contributed by atoms with Gasteiger partial charge in [0.25, 0.3) is 11.9 Å². The number of methoxy groups -OCH3 is 1. The standard InChI is InChI=1S/C8H7F4NOS/c1-14-2-3-15-6-4(9)7(11)13-8(12)5(6)10/h2-3H2,1H3. The Morgan fingerprint density at radius 1 is 1.13 bits per heavy atom.